The Hall–Kier alpha value is -3.83. The van der Waals surface area contributed by atoms with Crippen molar-refractivity contribution < 1.29 is 75.7 Å². The summed E-state index contributed by atoms with van der Waals surface area (Å²) >= 11 is 0. The topological polar surface area (TPSA) is 32.7 Å². The minimum Gasteiger partial charge on any atom is -0.457 e. The molecule has 0 saturated carbocycles. The van der Waals surface area contributed by atoms with Gasteiger partial charge < -0.3 is 14.7 Å². The Kier molecular flexibility index (Phi) is 9.64. The Bertz CT molecular complexity index is 1470. The lowest BCUT2D eigenvalue weighted by Crippen LogP contribution is -2.50. The molecule has 1 N–H and O–H groups in total. The summed E-state index contributed by atoms with van der Waals surface area (Å²) in [5.41, 5.74) is -4.89. The summed E-state index contributed by atoms with van der Waals surface area (Å²) in [4.78, 5) is 0.472. The van der Waals surface area contributed by atoms with E-state index in [9.17, 15) is 71.0 Å². The molecule has 0 aliphatic heterocycles. The Labute approximate surface area is 243 Å². The zero-order chi connectivity index (χ0) is 34.2. The molecular weight excluding hydrogens is 655 g/mol. The fraction of sp³-hybridized carbons (Fsp3) is 0.333. The van der Waals surface area contributed by atoms with Crippen molar-refractivity contribution in [2.45, 2.75) is 48.9 Å². The number of rotatable bonds is 10. The number of nitrogens with zero attached hydrogens (tertiary/aromatic N) is 1. The average molecular weight is 673 g/mol. The Morgan fingerprint density at radius 2 is 1.18 bits per heavy atom. The molecule has 3 aromatic carbocycles. The van der Waals surface area contributed by atoms with Crippen molar-refractivity contribution in [1.82, 2.24) is 0 Å². The normalized spacial score (nSPS) is 14.3. The minimum atomic E-state index is -6.73. The van der Waals surface area contributed by atoms with Gasteiger partial charge in [-0.1, -0.05) is 42.5 Å². The molecule has 0 saturated heterocycles. The minimum absolute atomic E-state index is 0.205. The Morgan fingerprint density at radius 3 is 1.73 bits per heavy atom. The van der Waals surface area contributed by atoms with E-state index in [1.54, 1.807) is 0 Å². The zero-order valence-electron chi connectivity index (χ0n) is 21.9. The van der Waals surface area contributed by atoms with E-state index in [2.05, 4.69) is 0 Å². The molecule has 0 fully saturated rings. The maximum Gasteiger partial charge on any atom is 0.460 e. The summed E-state index contributed by atoms with van der Waals surface area (Å²) in [5.74, 6) is -18.9. The summed E-state index contributed by atoms with van der Waals surface area (Å²) in [6, 6.07) is 8.77. The maximum absolute atomic E-state index is 14.6. The van der Waals surface area contributed by atoms with E-state index in [0.29, 0.717) is 29.2 Å². The molecule has 0 amide bonds. The summed E-state index contributed by atoms with van der Waals surface area (Å²) in [5, 5.41) is 9.66. The molecule has 0 heterocycles. The highest BCUT2D eigenvalue weighted by atomic mass is 19.4. The molecule has 248 valence electrons. The Balaban J connectivity index is 2.04. The van der Waals surface area contributed by atoms with Gasteiger partial charge in [-0.3, -0.25) is 0 Å². The molecule has 0 bridgehead atoms. The van der Waals surface area contributed by atoms with Gasteiger partial charge in [-0.15, -0.1) is 0 Å². The first-order valence-corrected chi connectivity index (χ1v) is 12.1. The van der Waals surface area contributed by atoms with Crippen LogP contribution in [0.1, 0.15) is 16.7 Å². The molecule has 18 heteroatoms. The fourth-order valence-corrected chi connectivity index (χ4v) is 3.89. The smallest absolute Gasteiger partial charge is 0.457 e. The van der Waals surface area contributed by atoms with Crippen molar-refractivity contribution in [2.75, 3.05) is 11.4 Å². The van der Waals surface area contributed by atoms with Gasteiger partial charge in [0.2, 0.25) is 0 Å². The number of hydrogen-bond donors (Lipinski definition) is 1. The van der Waals surface area contributed by atoms with E-state index in [0.717, 1.165) is 42.5 Å². The summed E-state index contributed by atoms with van der Waals surface area (Å²) in [7, 11) is 0. The van der Waals surface area contributed by atoms with Crippen molar-refractivity contribution in [3.8, 4) is 11.5 Å². The molecule has 0 aliphatic rings. The van der Waals surface area contributed by atoms with Gasteiger partial charge in [-0.2, -0.15) is 65.9 Å². The molecule has 0 spiro atoms. The lowest BCUT2D eigenvalue weighted by molar-refractivity contribution is -0.359. The quantitative estimate of drug-likeness (QED) is 0.218. The maximum atomic E-state index is 14.6. The van der Waals surface area contributed by atoms with Gasteiger partial charge in [0.15, 0.2) is 6.10 Å². The third-order valence-electron chi connectivity index (χ3n) is 6.21. The van der Waals surface area contributed by atoms with E-state index >= 15 is 0 Å². The first-order chi connectivity index (χ1) is 20.4. The van der Waals surface area contributed by atoms with Crippen LogP contribution in [0.25, 0.3) is 0 Å². The van der Waals surface area contributed by atoms with Crippen molar-refractivity contribution >= 4 is 5.69 Å². The number of ether oxygens (including phenoxy) is 1. The lowest BCUT2D eigenvalue weighted by Gasteiger charge is -2.32. The van der Waals surface area contributed by atoms with Gasteiger partial charge in [0.25, 0.3) is 0 Å². The van der Waals surface area contributed by atoms with Gasteiger partial charge in [0, 0.05) is 29.4 Å². The average Bonchev–Trinajstić information content (AvgIpc) is 2.91. The second-order valence-corrected chi connectivity index (χ2v) is 9.44. The summed E-state index contributed by atoms with van der Waals surface area (Å²) in [6.07, 6.45) is -21.3. The summed E-state index contributed by atoms with van der Waals surface area (Å²) in [6.45, 7) is -2.71. The number of hydrogen-bond acceptors (Lipinski definition) is 3. The molecule has 0 radical (unpaired) electrons. The molecule has 3 aromatic rings. The van der Waals surface area contributed by atoms with Crippen molar-refractivity contribution in [1.29, 1.82) is 0 Å². The number of anilines is 1. The lowest BCUT2D eigenvalue weighted by atomic mass is 9.96. The number of aliphatic hydroxyl groups is 1. The van der Waals surface area contributed by atoms with Crippen LogP contribution in [-0.2, 0) is 18.4 Å². The van der Waals surface area contributed by atoms with Crippen LogP contribution < -0.4 is 9.64 Å². The monoisotopic (exact) mass is 673 g/mol. The number of alkyl halides is 15. The molecule has 3 rings (SSSR count). The van der Waals surface area contributed by atoms with Crippen molar-refractivity contribution in [2.24, 2.45) is 0 Å². The van der Waals surface area contributed by atoms with E-state index in [4.69, 9.17) is 4.74 Å². The molecule has 3 nitrogen and oxygen atoms in total. The van der Waals surface area contributed by atoms with E-state index in [1.165, 1.54) is 0 Å². The van der Waals surface area contributed by atoms with Gasteiger partial charge in [-0.25, -0.2) is 0 Å². The predicted molar refractivity (Wildman–Crippen MR) is 127 cm³/mol. The van der Waals surface area contributed by atoms with Gasteiger partial charge in [-0.05, 0) is 29.8 Å². The predicted octanol–water partition coefficient (Wildman–Crippen LogP) is 9.35. The van der Waals surface area contributed by atoms with Crippen LogP contribution in [0.2, 0.25) is 0 Å². The number of halogens is 15. The SMILES string of the molecule is O[C@H](CN(Cc1ccccc1C(F)(F)C(F)(F)C(F)(F)F)c1cccc(Oc2cccc(C(F)(F)C(F)(F)F)c2)c1)C(F)(F)F. The van der Waals surface area contributed by atoms with Gasteiger partial charge >= 0.3 is 36.3 Å². The molecule has 45 heavy (non-hydrogen) atoms. The highest BCUT2D eigenvalue weighted by molar-refractivity contribution is 5.53. The van der Waals surface area contributed by atoms with Crippen molar-refractivity contribution in [3.05, 3.63) is 89.5 Å². The number of benzene rings is 3. The second kappa shape index (κ2) is 12.2. The number of aliphatic hydroxyl groups excluding tert-OH is 1. The molecule has 0 aliphatic carbocycles. The largest absolute Gasteiger partial charge is 0.460 e. The third-order valence-corrected chi connectivity index (χ3v) is 6.21. The first-order valence-electron chi connectivity index (χ1n) is 12.1. The van der Waals surface area contributed by atoms with Crippen LogP contribution in [0.15, 0.2) is 72.8 Å². The highest BCUT2D eigenvalue weighted by Crippen LogP contribution is 2.52. The van der Waals surface area contributed by atoms with E-state index in [1.807, 2.05) is 0 Å². The molecule has 0 aromatic heterocycles. The van der Waals surface area contributed by atoms with Gasteiger partial charge in [0.05, 0.1) is 6.54 Å². The highest BCUT2D eigenvalue weighted by Gasteiger charge is 2.73. The third kappa shape index (κ3) is 7.53. The van der Waals surface area contributed by atoms with Crippen LogP contribution in [0, 0.1) is 0 Å². The van der Waals surface area contributed by atoms with Crippen LogP contribution in [0.4, 0.5) is 71.5 Å². The van der Waals surface area contributed by atoms with Crippen LogP contribution in [-0.4, -0.2) is 42.2 Å². The molecule has 0 unspecified atom stereocenters. The standard InChI is InChI=1S/C27H18F15NO2/c28-22(29,26(37,38)39)16-6-3-8-18(11-16)45-19-9-4-7-17(12-19)43(14-21(44)24(32,33)34)13-15-5-1-2-10-20(15)23(30,31)25(35,36)27(40,41)42/h1-12,21,44H,13-14H2/t21-/m1/s1. The zero-order valence-corrected chi connectivity index (χ0v) is 21.9. The molecular formula is C27H18F15NO2. The Morgan fingerprint density at radius 1 is 0.622 bits per heavy atom. The molecule has 1 atom stereocenters. The fourth-order valence-electron chi connectivity index (χ4n) is 3.89. The first kappa shape index (κ1) is 35.6. The van der Waals surface area contributed by atoms with Crippen LogP contribution in [0.3, 0.4) is 0 Å². The second-order valence-electron chi connectivity index (χ2n) is 9.44. The van der Waals surface area contributed by atoms with E-state index < -0.39 is 89.4 Å². The van der Waals surface area contributed by atoms with E-state index in [-0.39, 0.29) is 6.07 Å². The van der Waals surface area contributed by atoms with Crippen molar-refractivity contribution in [3.63, 3.8) is 0 Å². The van der Waals surface area contributed by atoms with Crippen LogP contribution in [0.5, 0.6) is 11.5 Å². The van der Waals surface area contributed by atoms with Gasteiger partial charge in [0.1, 0.15) is 11.5 Å². The van der Waals surface area contributed by atoms with Crippen LogP contribution >= 0.6 is 0 Å². The summed E-state index contributed by atoms with van der Waals surface area (Å²) < 4.78 is 206.